The van der Waals surface area contributed by atoms with Crippen LogP contribution < -0.4 is 0 Å². The second-order valence-corrected chi connectivity index (χ2v) is 11.8. The maximum absolute atomic E-state index is 6.42. The third kappa shape index (κ3) is 5.43. The molecule has 8 aromatic rings. The number of allylic oxidation sites excluding steroid dienone is 5. The molecule has 0 fully saturated rings. The van der Waals surface area contributed by atoms with Crippen molar-refractivity contribution in [2.24, 2.45) is 0 Å². The third-order valence-electron chi connectivity index (χ3n) is 8.81. The summed E-state index contributed by atoms with van der Waals surface area (Å²) in [6.07, 6.45) is 7.61. The Morgan fingerprint density at radius 3 is 2.33 bits per heavy atom. The standard InChI is InChI=1S/C43H33N5O/c1-4-7-15-28(5-2)40-45-41(31-19-13-18-30(26-31)29-16-9-8-10-17-29)47-42(46-40)33-20-14-23-38-39(33)34-27-32(24-25-37(34)49-38)43-44-35-21-11-12-22-36(35)48(43)6-3/h4-5,7-27H,1,6H2,2-3H3/b15-7-,28-5+. The minimum absolute atomic E-state index is 0.566. The van der Waals surface area contributed by atoms with Crippen LogP contribution in [-0.4, -0.2) is 24.5 Å². The normalized spacial score (nSPS) is 12.1. The number of para-hydroxylation sites is 2. The van der Waals surface area contributed by atoms with Gasteiger partial charge in [0, 0.05) is 39.6 Å². The van der Waals surface area contributed by atoms with E-state index in [1.54, 1.807) is 6.08 Å². The van der Waals surface area contributed by atoms with Gasteiger partial charge in [-0.3, -0.25) is 0 Å². The Morgan fingerprint density at radius 2 is 1.49 bits per heavy atom. The number of benzene rings is 5. The Labute approximate surface area is 284 Å². The minimum Gasteiger partial charge on any atom is -0.456 e. The van der Waals surface area contributed by atoms with Gasteiger partial charge in [-0.2, -0.15) is 0 Å². The maximum Gasteiger partial charge on any atom is 0.164 e. The van der Waals surface area contributed by atoms with Gasteiger partial charge in [0.1, 0.15) is 17.0 Å². The molecule has 0 bridgehead atoms. The molecule has 6 heteroatoms. The molecule has 236 valence electrons. The summed E-state index contributed by atoms with van der Waals surface area (Å²) in [7, 11) is 0. The van der Waals surface area contributed by atoms with Crippen molar-refractivity contribution in [3.63, 3.8) is 0 Å². The number of imidazole rings is 1. The molecule has 0 saturated heterocycles. The van der Waals surface area contributed by atoms with E-state index in [9.17, 15) is 0 Å². The van der Waals surface area contributed by atoms with Crippen LogP contribution in [0.3, 0.4) is 0 Å². The SMILES string of the molecule is C=C/C=C\C(=C/C)c1nc(-c2cccc(-c3ccccc3)c2)nc(-c2cccc3oc4ccc(-c5nc6ccccc6n5CC)cc4c23)n1. The average Bonchev–Trinajstić information content (AvgIpc) is 3.73. The van der Waals surface area contributed by atoms with Gasteiger partial charge in [0.05, 0.1) is 11.0 Å². The largest absolute Gasteiger partial charge is 0.456 e. The highest BCUT2D eigenvalue weighted by Crippen LogP contribution is 2.38. The van der Waals surface area contributed by atoms with Crippen molar-refractivity contribution in [2.45, 2.75) is 20.4 Å². The monoisotopic (exact) mass is 635 g/mol. The highest BCUT2D eigenvalue weighted by atomic mass is 16.3. The number of furan rings is 1. The van der Waals surface area contributed by atoms with Gasteiger partial charge in [0.2, 0.25) is 0 Å². The average molecular weight is 636 g/mol. The highest BCUT2D eigenvalue weighted by molar-refractivity contribution is 6.12. The summed E-state index contributed by atoms with van der Waals surface area (Å²) in [6.45, 7) is 8.79. The first-order valence-electron chi connectivity index (χ1n) is 16.4. The van der Waals surface area contributed by atoms with E-state index >= 15 is 0 Å². The number of aryl methyl sites for hydroxylation is 1. The molecule has 0 saturated carbocycles. The van der Waals surface area contributed by atoms with Gasteiger partial charge in [-0.1, -0.05) is 104 Å². The highest BCUT2D eigenvalue weighted by Gasteiger charge is 2.20. The Kier molecular flexibility index (Phi) is 7.74. The van der Waals surface area contributed by atoms with Crippen LogP contribution in [0.2, 0.25) is 0 Å². The van der Waals surface area contributed by atoms with Crippen LogP contribution in [0.25, 0.3) is 83.8 Å². The molecule has 0 atom stereocenters. The molecule has 0 spiro atoms. The second-order valence-electron chi connectivity index (χ2n) is 11.8. The first-order chi connectivity index (χ1) is 24.1. The molecular weight excluding hydrogens is 603 g/mol. The molecular formula is C43H33N5O. The summed E-state index contributed by atoms with van der Waals surface area (Å²) in [6, 6.07) is 39.3. The molecule has 8 rings (SSSR count). The molecule has 3 aromatic heterocycles. The van der Waals surface area contributed by atoms with Crippen molar-refractivity contribution in [3.05, 3.63) is 152 Å². The van der Waals surface area contributed by atoms with E-state index in [2.05, 4.69) is 78.7 Å². The van der Waals surface area contributed by atoms with Crippen molar-refractivity contribution in [1.82, 2.24) is 24.5 Å². The summed E-state index contributed by atoms with van der Waals surface area (Å²) in [5.74, 6) is 2.65. The fraction of sp³-hybridized carbons (Fsp3) is 0.0698. The molecule has 6 nitrogen and oxygen atoms in total. The first kappa shape index (κ1) is 30.0. The van der Waals surface area contributed by atoms with Gasteiger partial charge in [-0.25, -0.2) is 19.9 Å². The van der Waals surface area contributed by atoms with Crippen LogP contribution in [0.4, 0.5) is 0 Å². The van der Waals surface area contributed by atoms with E-state index in [0.717, 1.165) is 78.7 Å². The number of hydrogen-bond donors (Lipinski definition) is 0. The third-order valence-corrected chi connectivity index (χ3v) is 8.81. The van der Waals surface area contributed by atoms with E-state index < -0.39 is 0 Å². The zero-order valence-corrected chi connectivity index (χ0v) is 27.3. The number of nitrogens with zero attached hydrogens (tertiary/aromatic N) is 5. The van der Waals surface area contributed by atoms with Crippen LogP contribution in [0, 0.1) is 0 Å². The zero-order valence-electron chi connectivity index (χ0n) is 27.3. The molecule has 49 heavy (non-hydrogen) atoms. The number of fused-ring (bicyclic) bond motifs is 4. The van der Waals surface area contributed by atoms with Crippen molar-refractivity contribution in [3.8, 4) is 45.3 Å². The lowest BCUT2D eigenvalue weighted by Crippen LogP contribution is -2.02. The van der Waals surface area contributed by atoms with Crippen molar-refractivity contribution < 1.29 is 4.42 Å². The van der Waals surface area contributed by atoms with E-state index in [-0.39, 0.29) is 0 Å². The van der Waals surface area contributed by atoms with Gasteiger partial charge >= 0.3 is 0 Å². The lowest BCUT2D eigenvalue weighted by Gasteiger charge is -2.11. The fourth-order valence-electron chi connectivity index (χ4n) is 6.46. The van der Waals surface area contributed by atoms with E-state index in [1.807, 2.05) is 79.7 Å². The smallest absolute Gasteiger partial charge is 0.164 e. The quantitative estimate of drug-likeness (QED) is 0.155. The van der Waals surface area contributed by atoms with E-state index in [1.165, 1.54) is 0 Å². The Morgan fingerprint density at radius 1 is 0.714 bits per heavy atom. The van der Waals surface area contributed by atoms with Crippen LogP contribution in [0.1, 0.15) is 19.7 Å². The molecule has 5 aromatic carbocycles. The lowest BCUT2D eigenvalue weighted by atomic mass is 10.0. The Hall–Kier alpha value is -6.40. The van der Waals surface area contributed by atoms with Crippen LogP contribution in [-0.2, 0) is 6.54 Å². The molecule has 0 aliphatic rings. The van der Waals surface area contributed by atoms with Gasteiger partial charge < -0.3 is 8.98 Å². The summed E-state index contributed by atoms with van der Waals surface area (Å²) < 4.78 is 8.67. The van der Waals surface area contributed by atoms with Gasteiger partial charge in [0.25, 0.3) is 0 Å². The van der Waals surface area contributed by atoms with Gasteiger partial charge in [-0.15, -0.1) is 0 Å². The topological polar surface area (TPSA) is 69.6 Å². The first-order valence-corrected chi connectivity index (χ1v) is 16.4. The predicted octanol–water partition coefficient (Wildman–Crippen LogP) is 11.0. The summed E-state index contributed by atoms with van der Waals surface area (Å²) in [5, 5.41) is 1.92. The molecule has 0 aliphatic carbocycles. The number of rotatable bonds is 8. The van der Waals surface area contributed by atoms with Crippen LogP contribution in [0.15, 0.2) is 151 Å². The summed E-state index contributed by atoms with van der Waals surface area (Å²) in [4.78, 5) is 20.2. The predicted molar refractivity (Wildman–Crippen MR) is 201 cm³/mol. The summed E-state index contributed by atoms with van der Waals surface area (Å²) >= 11 is 0. The summed E-state index contributed by atoms with van der Waals surface area (Å²) in [5.41, 5.74) is 9.52. The zero-order chi connectivity index (χ0) is 33.3. The molecule has 0 radical (unpaired) electrons. The van der Waals surface area contributed by atoms with Gasteiger partial charge in [0.15, 0.2) is 17.5 Å². The van der Waals surface area contributed by atoms with Crippen molar-refractivity contribution in [2.75, 3.05) is 0 Å². The molecule has 3 heterocycles. The second kappa shape index (κ2) is 12.7. The Balaban J connectivity index is 1.34. The molecule has 0 amide bonds. The molecule has 0 aliphatic heterocycles. The molecule has 0 N–H and O–H groups in total. The fourth-order valence-corrected chi connectivity index (χ4v) is 6.46. The van der Waals surface area contributed by atoms with Crippen LogP contribution >= 0.6 is 0 Å². The number of aromatic nitrogens is 5. The molecule has 0 unspecified atom stereocenters. The van der Waals surface area contributed by atoms with E-state index in [0.29, 0.717) is 17.5 Å². The lowest BCUT2D eigenvalue weighted by molar-refractivity contribution is 0.669. The minimum atomic E-state index is 0.566. The van der Waals surface area contributed by atoms with Crippen molar-refractivity contribution >= 4 is 38.5 Å². The Bertz CT molecular complexity index is 2570. The van der Waals surface area contributed by atoms with Crippen LogP contribution in [0.5, 0.6) is 0 Å². The van der Waals surface area contributed by atoms with Gasteiger partial charge in [-0.05, 0) is 67.4 Å². The van der Waals surface area contributed by atoms with Crippen molar-refractivity contribution in [1.29, 1.82) is 0 Å². The van der Waals surface area contributed by atoms with E-state index in [4.69, 9.17) is 24.4 Å². The number of hydrogen-bond acceptors (Lipinski definition) is 5. The maximum atomic E-state index is 6.42.